The monoisotopic (exact) mass is 384 g/mol. The van der Waals surface area contributed by atoms with Crippen molar-refractivity contribution in [3.8, 4) is 0 Å². The van der Waals surface area contributed by atoms with Crippen molar-refractivity contribution in [2.45, 2.75) is 39.5 Å². The molecule has 1 unspecified atom stereocenters. The molecular formula is C22H25ClN2O2. The molecule has 1 heterocycles. The lowest BCUT2D eigenvalue weighted by Crippen LogP contribution is -2.28. The number of halogens is 1. The molecule has 1 fully saturated rings. The van der Waals surface area contributed by atoms with Crippen LogP contribution in [0, 0.1) is 12.8 Å². The molecule has 1 saturated heterocycles. The third-order valence-corrected chi connectivity index (χ3v) is 5.22. The number of carbonyl (C=O) groups is 2. The summed E-state index contributed by atoms with van der Waals surface area (Å²) >= 11 is 5.96. The van der Waals surface area contributed by atoms with Crippen molar-refractivity contribution >= 4 is 34.8 Å². The first-order valence-electron chi connectivity index (χ1n) is 9.13. The fourth-order valence-corrected chi connectivity index (χ4v) is 3.50. The van der Waals surface area contributed by atoms with E-state index in [9.17, 15) is 9.59 Å². The number of hydrogen-bond acceptors (Lipinski definition) is 2. The van der Waals surface area contributed by atoms with Crippen molar-refractivity contribution in [2.24, 2.45) is 5.92 Å². The zero-order valence-corrected chi connectivity index (χ0v) is 16.9. The maximum Gasteiger partial charge on any atom is 0.229 e. The Morgan fingerprint density at radius 1 is 1.15 bits per heavy atom. The van der Waals surface area contributed by atoms with Crippen molar-refractivity contribution in [3.05, 3.63) is 58.6 Å². The summed E-state index contributed by atoms with van der Waals surface area (Å²) in [5.74, 6) is -0.524. The molecule has 1 atom stereocenters. The molecule has 0 aliphatic carbocycles. The maximum atomic E-state index is 12.6. The normalized spacial score (nSPS) is 17.3. The van der Waals surface area contributed by atoms with Crippen LogP contribution in [-0.2, 0) is 15.0 Å². The lowest BCUT2D eigenvalue weighted by Gasteiger charge is -2.21. The minimum Gasteiger partial charge on any atom is -0.326 e. The van der Waals surface area contributed by atoms with Gasteiger partial charge in [0.1, 0.15) is 0 Å². The average Bonchev–Trinajstić information content (AvgIpc) is 2.98. The van der Waals surface area contributed by atoms with Gasteiger partial charge in [0.25, 0.3) is 0 Å². The Kier molecular flexibility index (Phi) is 5.29. The van der Waals surface area contributed by atoms with Gasteiger partial charge in [-0.3, -0.25) is 9.59 Å². The lowest BCUT2D eigenvalue weighted by atomic mass is 9.87. The van der Waals surface area contributed by atoms with Crippen molar-refractivity contribution in [2.75, 3.05) is 16.8 Å². The van der Waals surface area contributed by atoms with Crippen LogP contribution in [0.1, 0.15) is 38.3 Å². The third-order valence-electron chi connectivity index (χ3n) is 4.99. The molecule has 0 bridgehead atoms. The molecule has 27 heavy (non-hydrogen) atoms. The summed E-state index contributed by atoms with van der Waals surface area (Å²) in [6.07, 6.45) is 0.222. The molecule has 0 radical (unpaired) electrons. The summed E-state index contributed by atoms with van der Waals surface area (Å²) in [4.78, 5) is 26.8. The molecule has 2 aromatic carbocycles. The van der Waals surface area contributed by atoms with Gasteiger partial charge in [0.05, 0.1) is 5.92 Å². The van der Waals surface area contributed by atoms with E-state index in [1.54, 1.807) is 23.1 Å². The Hall–Kier alpha value is -2.33. The first-order valence-corrected chi connectivity index (χ1v) is 9.51. The van der Waals surface area contributed by atoms with E-state index >= 15 is 0 Å². The second-order valence-electron chi connectivity index (χ2n) is 8.15. The largest absolute Gasteiger partial charge is 0.326 e. The van der Waals surface area contributed by atoms with Gasteiger partial charge in [-0.1, -0.05) is 44.5 Å². The summed E-state index contributed by atoms with van der Waals surface area (Å²) in [5, 5.41) is 3.56. The van der Waals surface area contributed by atoms with E-state index in [1.807, 2.05) is 31.2 Å². The van der Waals surface area contributed by atoms with Gasteiger partial charge in [-0.15, -0.1) is 0 Å². The number of carbonyl (C=O) groups excluding carboxylic acids is 2. The molecule has 2 amide bonds. The summed E-state index contributed by atoms with van der Waals surface area (Å²) in [5.41, 5.74) is 3.74. The number of amides is 2. The maximum absolute atomic E-state index is 12.6. The van der Waals surface area contributed by atoms with E-state index in [0.29, 0.717) is 11.6 Å². The molecule has 2 aromatic rings. The second kappa shape index (κ2) is 7.35. The molecule has 142 valence electrons. The minimum atomic E-state index is -0.366. The van der Waals surface area contributed by atoms with Crippen molar-refractivity contribution < 1.29 is 9.59 Å². The van der Waals surface area contributed by atoms with Crippen LogP contribution in [-0.4, -0.2) is 18.4 Å². The highest BCUT2D eigenvalue weighted by Crippen LogP contribution is 2.29. The zero-order chi connectivity index (χ0) is 19.8. The summed E-state index contributed by atoms with van der Waals surface area (Å²) in [6, 6.07) is 13.4. The lowest BCUT2D eigenvalue weighted by molar-refractivity contribution is -0.122. The Morgan fingerprint density at radius 2 is 1.81 bits per heavy atom. The fraction of sp³-hybridized carbons (Fsp3) is 0.364. The first kappa shape index (κ1) is 19.4. The molecule has 0 saturated carbocycles. The van der Waals surface area contributed by atoms with Crippen LogP contribution in [0.2, 0.25) is 5.02 Å². The molecular weight excluding hydrogens is 360 g/mol. The van der Waals surface area contributed by atoms with E-state index in [-0.39, 0.29) is 29.6 Å². The van der Waals surface area contributed by atoms with Gasteiger partial charge in [-0.2, -0.15) is 0 Å². The number of nitrogens with one attached hydrogen (secondary N) is 1. The molecule has 5 heteroatoms. The van der Waals surface area contributed by atoms with E-state index in [4.69, 9.17) is 11.6 Å². The standard InChI is InChI=1S/C22H25ClN2O2/c1-14-11-17(23)7-10-19(14)24-21(27)15-12-20(26)25(13-15)18-8-5-16(6-9-18)22(2,3)4/h5-11,15H,12-13H2,1-4H3,(H,24,27). The van der Waals surface area contributed by atoms with Crippen LogP contribution in [0.5, 0.6) is 0 Å². The molecule has 1 N–H and O–H groups in total. The smallest absolute Gasteiger partial charge is 0.229 e. The summed E-state index contributed by atoms with van der Waals surface area (Å²) < 4.78 is 0. The third kappa shape index (κ3) is 4.33. The van der Waals surface area contributed by atoms with Gasteiger partial charge in [0.2, 0.25) is 11.8 Å². The Balaban J connectivity index is 1.70. The van der Waals surface area contributed by atoms with Gasteiger partial charge in [0.15, 0.2) is 0 Å². The van der Waals surface area contributed by atoms with Crippen LogP contribution < -0.4 is 10.2 Å². The second-order valence-corrected chi connectivity index (χ2v) is 8.59. The zero-order valence-electron chi connectivity index (χ0n) is 16.2. The van der Waals surface area contributed by atoms with Crippen LogP contribution in [0.15, 0.2) is 42.5 Å². The van der Waals surface area contributed by atoms with Crippen molar-refractivity contribution in [1.29, 1.82) is 0 Å². The predicted octanol–water partition coefficient (Wildman–Crippen LogP) is 4.94. The highest BCUT2D eigenvalue weighted by molar-refractivity contribution is 6.30. The number of benzene rings is 2. The number of anilines is 2. The quantitative estimate of drug-likeness (QED) is 0.814. The minimum absolute atomic E-state index is 0.0218. The van der Waals surface area contributed by atoms with Gasteiger partial charge < -0.3 is 10.2 Å². The molecule has 3 rings (SSSR count). The Bertz CT molecular complexity index is 869. The van der Waals surface area contributed by atoms with Crippen LogP contribution in [0.4, 0.5) is 11.4 Å². The fourth-order valence-electron chi connectivity index (χ4n) is 3.28. The molecule has 0 aromatic heterocycles. The predicted molar refractivity (Wildman–Crippen MR) is 110 cm³/mol. The van der Waals surface area contributed by atoms with Crippen molar-refractivity contribution in [3.63, 3.8) is 0 Å². The summed E-state index contributed by atoms with van der Waals surface area (Å²) in [7, 11) is 0. The van der Waals surface area contributed by atoms with Gasteiger partial charge in [-0.05, 0) is 53.8 Å². The first-order chi connectivity index (χ1) is 12.6. The number of nitrogens with zero attached hydrogens (tertiary/aromatic N) is 1. The van der Waals surface area contributed by atoms with Crippen LogP contribution in [0.25, 0.3) is 0 Å². The Morgan fingerprint density at radius 3 is 2.41 bits per heavy atom. The van der Waals surface area contributed by atoms with Gasteiger partial charge >= 0.3 is 0 Å². The highest BCUT2D eigenvalue weighted by atomic mass is 35.5. The highest BCUT2D eigenvalue weighted by Gasteiger charge is 2.35. The van der Waals surface area contributed by atoms with Crippen molar-refractivity contribution in [1.82, 2.24) is 0 Å². The number of aryl methyl sites for hydroxylation is 1. The van der Waals surface area contributed by atoms with Crippen LogP contribution >= 0.6 is 11.6 Å². The van der Waals surface area contributed by atoms with E-state index in [2.05, 4.69) is 26.1 Å². The number of rotatable bonds is 3. The van der Waals surface area contributed by atoms with Crippen LogP contribution in [0.3, 0.4) is 0 Å². The van der Waals surface area contributed by atoms with Gasteiger partial charge in [-0.25, -0.2) is 0 Å². The number of hydrogen-bond donors (Lipinski definition) is 1. The SMILES string of the molecule is Cc1cc(Cl)ccc1NC(=O)C1CC(=O)N(c2ccc(C(C)(C)C)cc2)C1. The van der Waals surface area contributed by atoms with E-state index < -0.39 is 0 Å². The Labute approximate surface area is 165 Å². The topological polar surface area (TPSA) is 49.4 Å². The molecule has 0 spiro atoms. The molecule has 1 aliphatic heterocycles. The molecule has 4 nitrogen and oxygen atoms in total. The van der Waals surface area contributed by atoms with E-state index in [1.165, 1.54) is 5.56 Å². The van der Waals surface area contributed by atoms with Gasteiger partial charge in [0, 0.05) is 29.4 Å². The summed E-state index contributed by atoms with van der Waals surface area (Å²) in [6.45, 7) is 8.75. The van der Waals surface area contributed by atoms with E-state index in [0.717, 1.165) is 16.9 Å². The molecule has 1 aliphatic rings. The average molecular weight is 385 g/mol.